The molecule has 1 amide bonds. The molecule has 0 spiro atoms. The Morgan fingerprint density at radius 3 is 2.71 bits per heavy atom. The number of benzene rings is 1. The van der Waals surface area contributed by atoms with Gasteiger partial charge in [0.1, 0.15) is 5.82 Å². The molecule has 1 aliphatic rings. The zero-order valence-corrected chi connectivity index (χ0v) is 11.8. The Hall–Kier alpha value is -1.95. The van der Waals surface area contributed by atoms with Gasteiger partial charge in [-0.15, -0.1) is 0 Å². The number of morpholine rings is 1. The van der Waals surface area contributed by atoms with Gasteiger partial charge in [0.15, 0.2) is 6.04 Å². The molecule has 5 nitrogen and oxygen atoms in total. The van der Waals surface area contributed by atoms with Gasteiger partial charge in [-0.25, -0.2) is 9.18 Å². The number of carbonyl (C=O) groups is 2. The van der Waals surface area contributed by atoms with Crippen LogP contribution in [0.4, 0.5) is 4.39 Å². The summed E-state index contributed by atoms with van der Waals surface area (Å²) in [5.74, 6) is -1.96. The van der Waals surface area contributed by atoms with Crippen molar-refractivity contribution in [3.63, 3.8) is 0 Å². The summed E-state index contributed by atoms with van der Waals surface area (Å²) in [6, 6.07) is 5.03. The fraction of sp³-hybridized carbons (Fsp3) is 0.467. The second kappa shape index (κ2) is 6.67. The Labute approximate surface area is 122 Å². The van der Waals surface area contributed by atoms with E-state index in [1.54, 1.807) is 19.1 Å². The molecule has 0 bridgehead atoms. The van der Waals surface area contributed by atoms with Crippen LogP contribution in [0.25, 0.3) is 0 Å². The minimum absolute atomic E-state index is 0.0182. The van der Waals surface area contributed by atoms with Gasteiger partial charge in [0.25, 0.3) is 0 Å². The molecular formula is C15H18FNO4. The smallest absolute Gasteiger partial charge is 0.328 e. The molecule has 1 aromatic carbocycles. The van der Waals surface area contributed by atoms with Gasteiger partial charge in [0, 0.05) is 12.5 Å². The maximum atomic E-state index is 12.9. The maximum absolute atomic E-state index is 12.9. The molecule has 114 valence electrons. The molecule has 6 heteroatoms. The van der Waals surface area contributed by atoms with Crippen molar-refractivity contribution in [3.05, 3.63) is 35.6 Å². The van der Waals surface area contributed by atoms with Crippen LogP contribution >= 0.6 is 0 Å². The lowest BCUT2D eigenvalue weighted by Crippen LogP contribution is -2.54. The fourth-order valence-electron chi connectivity index (χ4n) is 2.42. The van der Waals surface area contributed by atoms with Gasteiger partial charge in [0.2, 0.25) is 5.91 Å². The summed E-state index contributed by atoms with van der Waals surface area (Å²) in [5, 5.41) is 9.14. The Kier molecular flexibility index (Phi) is 4.90. The summed E-state index contributed by atoms with van der Waals surface area (Å²) in [6.07, 6.45) is 0.447. The average molecular weight is 295 g/mol. The van der Waals surface area contributed by atoms with Gasteiger partial charge in [-0.05, 0) is 24.1 Å². The number of halogens is 1. The van der Waals surface area contributed by atoms with Crippen LogP contribution in [-0.2, 0) is 20.7 Å². The SMILES string of the molecule is CC(Cc1ccc(F)cc1)C(=O)N1CCOCC1C(=O)O. The predicted molar refractivity (Wildman–Crippen MR) is 73.2 cm³/mol. The third-order valence-corrected chi connectivity index (χ3v) is 3.57. The molecule has 0 aromatic heterocycles. The van der Waals surface area contributed by atoms with Gasteiger partial charge in [0.05, 0.1) is 13.2 Å². The molecule has 1 aromatic rings. The molecule has 1 fully saturated rings. The first-order valence-corrected chi connectivity index (χ1v) is 6.84. The molecule has 1 heterocycles. The van der Waals surface area contributed by atoms with E-state index >= 15 is 0 Å². The lowest BCUT2D eigenvalue weighted by atomic mass is 9.99. The average Bonchev–Trinajstić information content (AvgIpc) is 2.48. The summed E-state index contributed by atoms with van der Waals surface area (Å²) in [4.78, 5) is 25.0. The van der Waals surface area contributed by atoms with Crippen LogP contribution in [0.5, 0.6) is 0 Å². The van der Waals surface area contributed by atoms with Crippen molar-refractivity contribution in [2.24, 2.45) is 5.92 Å². The van der Waals surface area contributed by atoms with Crippen LogP contribution in [0.1, 0.15) is 12.5 Å². The molecule has 1 aliphatic heterocycles. The van der Waals surface area contributed by atoms with Crippen molar-refractivity contribution in [2.45, 2.75) is 19.4 Å². The third kappa shape index (κ3) is 3.78. The molecule has 21 heavy (non-hydrogen) atoms. The molecule has 0 aliphatic carbocycles. The molecule has 2 rings (SSSR count). The van der Waals surface area contributed by atoms with Gasteiger partial charge in [-0.3, -0.25) is 4.79 Å². The Balaban J connectivity index is 2.03. The van der Waals surface area contributed by atoms with Crippen molar-refractivity contribution in [2.75, 3.05) is 19.8 Å². The van der Waals surface area contributed by atoms with E-state index in [0.717, 1.165) is 5.56 Å². The first kappa shape index (κ1) is 15.4. The number of amides is 1. The Morgan fingerprint density at radius 1 is 1.43 bits per heavy atom. The second-order valence-electron chi connectivity index (χ2n) is 5.19. The third-order valence-electron chi connectivity index (χ3n) is 3.57. The molecule has 2 unspecified atom stereocenters. The zero-order valence-electron chi connectivity index (χ0n) is 11.8. The van der Waals surface area contributed by atoms with Crippen LogP contribution in [0, 0.1) is 11.7 Å². The number of nitrogens with zero attached hydrogens (tertiary/aromatic N) is 1. The maximum Gasteiger partial charge on any atom is 0.328 e. The lowest BCUT2D eigenvalue weighted by Gasteiger charge is -2.34. The second-order valence-corrected chi connectivity index (χ2v) is 5.19. The number of carbonyl (C=O) groups excluding carboxylic acids is 1. The summed E-state index contributed by atoms with van der Waals surface area (Å²) in [6.45, 7) is 2.40. The fourth-order valence-corrected chi connectivity index (χ4v) is 2.42. The van der Waals surface area contributed by atoms with Crippen molar-refractivity contribution < 1.29 is 23.8 Å². The van der Waals surface area contributed by atoms with Gasteiger partial charge in [-0.1, -0.05) is 19.1 Å². The Morgan fingerprint density at radius 2 is 2.10 bits per heavy atom. The first-order valence-electron chi connectivity index (χ1n) is 6.84. The van der Waals surface area contributed by atoms with Crippen LogP contribution in [0.3, 0.4) is 0 Å². The van der Waals surface area contributed by atoms with Crippen molar-refractivity contribution in [3.8, 4) is 0 Å². The van der Waals surface area contributed by atoms with Gasteiger partial charge in [-0.2, -0.15) is 0 Å². The lowest BCUT2D eigenvalue weighted by molar-refractivity contribution is -0.160. The Bertz CT molecular complexity index is 517. The molecule has 0 radical (unpaired) electrons. The number of carboxylic acids is 1. The van der Waals surface area contributed by atoms with E-state index in [2.05, 4.69) is 0 Å². The van der Waals surface area contributed by atoms with Gasteiger partial charge < -0.3 is 14.7 Å². The molecule has 0 saturated carbocycles. The van der Waals surface area contributed by atoms with Crippen molar-refractivity contribution >= 4 is 11.9 Å². The van der Waals surface area contributed by atoms with E-state index in [0.29, 0.717) is 13.0 Å². The molecule has 2 atom stereocenters. The number of carboxylic acid groups (broad SMARTS) is 1. The monoisotopic (exact) mass is 295 g/mol. The van der Waals surface area contributed by atoms with E-state index < -0.39 is 12.0 Å². The van der Waals surface area contributed by atoms with Gasteiger partial charge >= 0.3 is 5.97 Å². The van der Waals surface area contributed by atoms with E-state index in [9.17, 15) is 14.0 Å². The quantitative estimate of drug-likeness (QED) is 0.909. The van der Waals surface area contributed by atoms with E-state index in [4.69, 9.17) is 9.84 Å². The number of hydrogen-bond donors (Lipinski definition) is 1. The molecule has 1 N–H and O–H groups in total. The minimum Gasteiger partial charge on any atom is -0.480 e. The van der Waals surface area contributed by atoms with Crippen molar-refractivity contribution in [1.82, 2.24) is 4.90 Å². The summed E-state index contributed by atoms with van der Waals surface area (Å²) in [7, 11) is 0. The molecule has 1 saturated heterocycles. The number of aliphatic carboxylic acids is 1. The standard InChI is InChI=1S/C15H18FNO4/c1-10(8-11-2-4-12(16)5-3-11)14(18)17-6-7-21-9-13(17)15(19)20/h2-5,10,13H,6-9H2,1H3,(H,19,20). The number of ether oxygens (including phenoxy) is 1. The first-order chi connectivity index (χ1) is 9.99. The normalized spacial score (nSPS) is 20.1. The number of rotatable bonds is 4. The summed E-state index contributed by atoms with van der Waals surface area (Å²) >= 11 is 0. The summed E-state index contributed by atoms with van der Waals surface area (Å²) in [5.41, 5.74) is 0.845. The minimum atomic E-state index is -1.06. The van der Waals surface area contributed by atoms with Crippen LogP contribution in [-0.4, -0.2) is 47.7 Å². The molecular weight excluding hydrogens is 277 g/mol. The zero-order chi connectivity index (χ0) is 15.4. The van der Waals surface area contributed by atoms with Crippen LogP contribution in [0.2, 0.25) is 0 Å². The number of hydrogen-bond acceptors (Lipinski definition) is 3. The topological polar surface area (TPSA) is 66.8 Å². The highest BCUT2D eigenvalue weighted by Gasteiger charge is 2.34. The predicted octanol–water partition coefficient (Wildman–Crippen LogP) is 1.32. The highest BCUT2D eigenvalue weighted by atomic mass is 19.1. The van der Waals surface area contributed by atoms with E-state index in [1.165, 1.54) is 17.0 Å². The highest BCUT2D eigenvalue weighted by Crippen LogP contribution is 2.16. The van der Waals surface area contributed by atoms with E-state index in [1.807, 2.05) is 0 Å². The highest BCUT2D eigenvalue weighted by molar-refractivity contribution is 5.85. The van der Waals surface area contributed by atoms with Crippen molar-refractivity contribution in [1.29, 1.82) is 0 Å². The van der Waals surface area contributed by atoms with Crippen LogP contribution < -0.4 is 0 Å². The van der Waals surface area contributed by atoms with E-state index in [-0.39, 0.29) is 30.8 Å². The van der Waals surface area contributed by atoms with Crippen LogP contribution in [0.15, 0.2) is 24.3 Å². The summed E-state index contributed by atoms with van der Waals surface area (Å²) < 4.78 is 18.0. The largest absolute Gasteiger partial charge is 0.480 e.